The zero-order valence-electron chi connectivity index (χ0n) is 30.9. The van der Waals surface area contributed by atoms with E-state index in [1.165, 1.54) is 26.4 Å². The van der Waals surface area contributed by atoms with E-state index in [1.54, 1.807) is 79.9 Å². The summed E-state index contributed by atoms with van der Waals surface area (Å²) in [5.74, 6) is -1.68. The molecule has 51 heavy (non-hydrogen) atoms. The highest BCUT2D eigenvalue weighted by molar-refractivity contribution is 5.91. The first-order valence-corrected chi connectivity index (χ1v) is 16.4. The lowest BCUT2D eigenvalue weighted by atomic mass is 9.79. The van der Waals surface area contributed by atoms with E-state index in [1.807, 2.05) is 41.5 Å². The molecule has 8 heteroatoms. The number of carbonyl (C=O) groups is 2. The fourth-order valence-electron chi connectivity index (χ4n) is 5.69. The normalized spacial score (nSPS) is 12.5. The van der Waals surface area contributed by atoms with Crippen LogP contribution in [-0.2, 0) is 14.2 Å². The SMILES string of the molecule is C=CC(C)(C)C(O)c1cc(C(=O)OC)ccc1-c1cc(C)ccc1F.C=CC(C)(C)C(OC)c1cc(C(=O)OC)ccc1-c1cc(C)ccc1F. The largest absolute Gasteiger partial charge is 0.465 e. The van der Waals surface area contributed by atoms with Crippen LogP contribution < -0.4 is 0 Å². The molecule has 0 fully saturated rings. The molecule has 0 aliphatic heterocycles. The summed E-state index contributed by atoms with van der Waals surface area (Å²) < 4.78 is 44.3. The lowest BCUT2D eigenvalue weighted by Crippen LogP contribution is -2.22. The second-order valence-electron chi connectivity index (χ2n) is 13.6. The van der Waals surface area contributed by atoms with Gasteiger partial charge in [0.05, 0.1) is 37.6 Å². The van der Waals surface area contributed by atoms with Gasteiger partial charge in [-0.2, -0.15) is 0 Å². The molecule has 0 amide bonds. The van der Waals surface area contributed by atoms with Gasteiger partial charge in [-0.25, -0.2) is 18.4 Å². The van der Waals surface area contributed by atoms with Gasteiger partial charge < -0.3 is 19.3 Å². The third-order valence-corrected chi connectivity index (χ3v) is 9.01. The van der Waals surface area contributed by atoms with E-state index in [9.17, 15) is 23.5 Å². The Bertz CT molecular complexity index is 1910. The summed E-state index contributed by atoms with van der Waals surface area (Å²) in [7, 11) is 4.22. The number of halogens is 2. The summed E-state index contributed by atoms with van der Waals surface area (Å²) in [6.45, 7) is 19.0. The first-order valence-electron chi connectivity index (χ1n) is 16.4. The van der Waals surface area contributed by atoms with Gasteiger partial charge in [0, 0.05) is 29.1 Å². The quantitative estimate of drug-likeness (QED) is 0.124. The first-order chi connectivity index (χ1) is 24.0. The van der Waals surface area contributed by atoms with Crippen LogP contribution in [0.5, 0.6) is 0 Å². The monoisotopic (exact) mass is 698 g/mol. The van der Waals surface area contributed by atoms with E-state index in [0.717, 1.165) is 11.1 Å². The predicted octanol–water partition coefficient (Wildman–Crippen LogP) is 10.3. The standard InChI is InChI=1S/C22H25FO3.C21H23FO3/c1-7-22(3,4)20(25-5)18-13-15(21(24)26-6)9-10-16(18)17-12-14(2)8-11-19(17)23;1-6-21(3,4)19(23)17-12-14(20(24)25-5)8-9-15(17)16-11-13(2)7-10-18(16)22/h7-13,20H,1H2,2-6H3;6-12,19,23H,1H2,2-5H3. The van der Waals surface area contributed by atoms with Crippen molar-refractivity contribution < 1.29 is 37.7 Å². The lowest BCUT2D eigenvalue weighted by Gasteiger charge is -2.32. The molecule has 0 aliphatic rings. The third kappa shape index (κ3) is 9.25. The van der Waals surface area contributed by atoms with Crippen LogP contribution in [-0.4, -0.2) is 38.4 Å². The predicted molar refractivity (Wildman–Crippen MR) is 198 cm³/mol. The van der Waals surface area contributed by atoms with E-state index < -0.39 is 35.0 Å². The molecule has 4 aromatic rings. The van der Waals surface area contributed by atoms with Gasteiger partial charge in [-0.05, 0) is 84.6 Å². The number of aryl methyl sites for hydroxylation is 2. The van der Waals surface area contributed by atoms with Gasteiger partial charge in [0.25, 0.3) is 0 Å². The summed E-state index contributed by atoms with van der Waals surface area (Å²) in [5, 5.41) is 10.9. The van der Waals surface area contributed by atoms with Crippen LogP contribution >= 0.6 is 0 Å². The Morgan fingerprint density at radius 1 is 0.647 bits per heavy atom. The molecule has 0 saturated heterocycles. The highest BCUT2D eigenvalue weighted by Crippen LogP contribution is 2.43. The summed E-state index contributed by atoms with van der Waals surface area (Å²) in [4.78, 5) is 23.9. The smallest absolute Gasteiger partial charge is 0.337 e. The molecule has 0 aromatic heterocycles. The minimum Gasteiger partial charge on any atom is -0.465 e. The maximum Gasteiger partial charge on any atom is 0.337 e. The maximum atomic E-state index is 14.6. The van der Waals surface area contributed by atoms with Gasteiger partial charge in [0.2, 0.25) is 0 Å². The molecule has 0 spiro atoms. The molecule has 270 valence electrons. The van der Waals surface area contributed by atoms with Crippen molar-refractivity contribution in [3.05, 3.63) is 143 Å². The van der Waals surface area contributed by atoms with Crippen molar-refractivity contribution in [3.63, 3.8) is 0 Å². The van der Waals surface area contributed by atoms with E-state index in [4.69, 9.17) is 14.2 Å². The van der Waals surface area contributed by atoms with E-state index in [0.29, 0.717) is 44.5 Å². The van der Waals surface area contributed by atoms with Crippen LogP contribution in [0.25, 0.3) is 22.3 Å². The topological polar surface area (TPSA) is 82.1 Å². The summed E-state index contributed by atoms with van der Waals surface area (Å²) in [5.41, 5.74) is 4.68. The molecule has 6 nitrogen and oxygen atoms in total. The molecule has 4 rings (SSSR count). The number of aliphatic hydroxyl groups is 1. The van der Waals surface area contributed by atoms with Crippen LogP contribution in [0.2, 0.25) is 0 Å². The summed E-state index contributed by atoms with van der Waals surface area (Å²) in [6, 6.07) is 19.6. The number of ether oxygens (including phenoxy) is 3. The molecule has 0 radical (unpaired) electrons. The number of esters is 2. The van der Waals surface area contributed by atoms with Crippen molar-refractivity contribution in [1.29, 1.82) is 0 Å². The molecule has 0 aliphatic carbocycles. The number of benzene rings is 4. The third-order valence-electron chi connectivity index (χ3n) is 9.01. The molecule has 2 atom stereocenters. The number of hydrogen-bond acceptors (Lipinski definition) is 6. The van der Waals surface area contributed by atoms with Crippen LogP contribution in [0.15, 0.2) is 98.1 Å². The molecular weight excluding hydrogens is 650 g/mol. The second-order valence-corrected chi connectivity index (χ2v) is 13.6. The van der Waals surface area contributed by atoms with Crippen molar-refractivity contribution in [2.45, 2.75) is 53.8 Å². The molecule has 0 bridgehead atoms. The fraction of sp³-hybridized carbons (Fsp3) is 0.302. The Labute approximate surface area is 300 Å². The number of methoxy groups -OCH3 is 3. The van der Waals surface area contributed by atoms with E-state index in [2.05, 4.69) is 13.2 Å². The van der Waals surface area contributed by atoms with Crippen LogP contribution in [0.3, 0.4) is 0 Å². The molecule has 1 N–H and O–H groups in total. The molecular formula is C43H48F2O6. The van der Waals surface area contributed by atoms with Crippen molar-refractivity contribution >= 4 is 11.9 Å². The van der Waals surface area contributed by atoms with Crippen molar-refractivity contribution in [2.24, 2.45) is 10.8 Å². The fourth-order valence-corrected chi connectivity index (χ4v) is 5.69. The number of carbonyl (C=O) groups excluding carboxylic acids is 2. The molecule has 2 unspecified atom stereocenters. The summed E-state index contributed by atoms with van der Waals surface area (Å²) in [6.07, 6.45) is 2.05. The zero-order valence-corrected chi connectivity index (χ0v) is 30.9. The zero-order chi connectivity index (χ0) is 38.3. The Morgan fingerprint density at radius 3 is 1.45 bits per heavy atom. The number of hydrogen-bond donors (Lipinski definition) is 1. The Balaban J connectivity index is 0.000000276. The van der Waals surface area contributed by atoms with Crippen LogP contribution in [0, 0.1) is 36.3 Å². The Kier molecular flexibility index (Phi) is 13.4. The lowest BCUT2D eigenvalue weighted by molar-refractivity contribution is 0.0305. The van der Waals surface area contributed by atoms with Crippen molar-refractivity contribution in [1.82, 2.24) is 0 Å². The van der Waals surface area contributed by atoms with Crippen LogP contribution in [0.1, 0.15) is 82.9 Å². The minimum absolute atomic E-state index is 0.299. The Hall–Kier alpha value is -4.92. The number of rotatable bonds is 11. The Morgan fingerprint density at radius 2 is 1.06 bits per heavy atom. The molecule has 0 saturated carbocycles. The summed E-state index contributed by atoms with van der Waals surface area (Å²) >= 11 is 0. The van der Waals surface area contributed by atoms with Crippen molar-refractivity contribution in [3.8, 4) is 22.3 Å². The highest BCUT2D eigenvalue weighted by Gasteiger charge is 2.32. The van der Waals surface area contributed by atoms with Gasteiger partial charge in [-0.1, -0.05) is 75.2 Å². The number of aliphatic hydroxyl groups excluding tert-OH is 1. The van der Waals surface area contributed by atoms with Gasteiger partial charge in [-0.3, -0.25) is 0 Å². The van der Waals surface area contributed by atoms with Crippen molar-refractivity contribution in [2.75, 3.05) is 21.3 Å². The van der Waals surface area contributed by atoms with Gasteiger partial charge in [-0.15, -0.1) is 13.2 Å². The van der Waals surface area contributed by atoms with Crippen LogP contribution in [0.4, 0.5) is 8.78 Å². The minimum atomic E-state index is -0.968. The van der Waals surface area contributed by atoms with Gasteiger partial charge >= 0.3 is 11.9 Å². The highest BCUT2D eigenvalue weighted by atomic mass is 19.1. The maximum absolute atomic E-state index is 14.6. The average molecular weight is 699 g/mol. The average Bonchev–Trinajstić information content (AvgIpc) is 3.12. The second kappa shape index (κ2) is 16.9. The van der Waals surface area contributed by atoms with E-state index >= 15 is 0 Å². The van der Waals surface area contributed by atoms with Gasteiger partial charge in [0.15, 0.2) is 0 Å². The molecule has 0 heterocycles. The van der Waals surface area contributed by atoms with E-state index in [-0.39, 0.29) is 11.6 Å². The molecule has 4 aromatic carbocycles. The first kappa shape index (κ1) is 40.5. The van der Waals surface area contributed by atoms with Gasteiger partial charge in [0.1, 0.15) is 11.6 Å².